The molecule has 0 N–H and O–H groups in total. The summed E-state index contributed by atoms with van der Waals surface area (Å²) in [4.78, 5) is 5.20. The Morgan fingerprint density at radius 3 is 2.81 bits per heavy atom. The fourth-order valence-electron chi connectivity index (χ4n) is 1.24. The minimum atomic E-state index is 0.673. The van der Waals surface area contributed by atoms with Crippen LogP contribution in [0.5, 0.6) is 5.75 Å². The Morgan fingerprint density at radius 1 is 1.44 bits per heavy atom. The third-order valence-corrected chi connectivity index (χ3v) is 3.69. The first-order valence-corrected chi connectivity index (χ1v) is 5.89. The van der Waals surface area contributed by atoms with Crippen LogP contribution in [0, 0.1) is 0 Å². The van der Waals surface area contributed by atoms with E-state index >= 15 is 0 Å². The van der Waals surface area contributed by atoms with Gasteiger partial charge in [-0.25, -0.2) is 4.98 Å². The van der Waals surface area contributed by atoms with E-state index in [1.807, 2.05) is 29.9 Å². The molecule has 0 fully saturated rings. The summed E-state index contributed by atoms with van der Waals surface area (Å²) >= 11 is 7.67. The first-order chi connectivity index (χ1) is 7.70. The molecule has 2 aromatic rings. The number of hydrogen-bond acceptors (Lipinski definition) is 3. The molecule has 1 heterocycles. The van der Waals surface area contributed by atoms with Crippen molar-refractivity contribution in [3.8, 4) is 5.75 Å². The van der Waals surface area contributed by atoms with Crippen molar-refractivity contribution in [2.75, 3.05) is 7.11 Å². The van der Waals surface area contributed by atoms with Crippen molar-refractivity contribution >= 4 is 23.4 Å². The third kappa shape index (κ3) is 2.33. The molecule has 1 aromatic carbocycles. The van der Waals surface area contributed by atoms with Gasteiger partial charge in [0, 0.05) is 24.3 Å². The van der Waals surface area contributed by atoms with Crippen molar-refractivity contribution in [3.05, 3.63) is 35.6 Å². The van der Waals surface area contributed by atoms with Crippen molar-refractivity contribution < 1.29 is 4.74 Å². The Morgan fingerprint density at radius 2 is 2.25 bits per heavy atom. The maximum absolute atomic E-state index is 6.14. The summed E-state index contributed by atoms with van der Waals surface area (Å²) in [5.74, 6) is 0.759. The monoisotopic (exact) mass is 254 g/mol. The summed E-state index contributed by atoms with van der Waals surface area (Å²) in [5.41, 5.74) is 0. The second-order valence-corrected chi connectivity index (χ2v) is 4.64. The zero-order valence-corrected chi connectivity index (χ0v) is 10.5. The molecule has 0 amide bonds. The summed E-state index contributed by atoms with van der Waals surface area (Å²) in [5, 5.41) is 1.58. The van der Waals surface area contributed by atoms with E-state index < -0.39 is 0 Å². The fourth-order valence-corrected chi connectivity index (χ4v) is 2.33. The topological polar surface area (TPSA) is 27.1 Å². The number of methoxy groups -OCH3 is 1. The maximum Gasteiger partial charge on any atom is 0.172 e. The molecule has 16 heavy (non-hydrogen) atoms. The summed E-state index contributed by atoms with van der Waals surface area (Å²) in [6.07, 6.45) is 3.67. The highest BCUT2D eigenvalue weighted by Gasteiger charge is 2.07. The summed E-state index contributed by atoms with van der Waals surface area (Å²) in [6.45, 7) is 0. The van der Waals surface area contributed by atoms with Gasteiger partial charge in [-0.3, -0.25) is 0 Å². The zero-order valence-electron chi connectivity index (χ0n) is 8.98. The van der Waals surface area contributed by atoms with Crippen LogP contribution >= 0.6 is 23.4 Å². The zero-order chi connectivity index (χ0) is 11.5. The number of benzene rings is 1. The molecule has 0 aliphatic heterocycles. The molecular weight excluding hydrogens is 244 g/mol. The molecule has 0 saturated heterocycles. The van der Waals surface area contributed by atoms with Crippen LogP contribution in [0.2, 0.25) is 5.02 Å². The van der Waals surface area contributed by atoms with E-state index in [4.69, 9.17) is 16.3 Å². The molecule has 2 rings (SSSR count). The van der Waals surface area contributed by atoms with Crippen molar-refractivity contribution in [3.63, 3.8) is 0 Å². The van der Waals surface area contributed by atoms with Gasteiger partial charge in [-0.05, 0) is 18.2 Å². The van der Waals surface area contributed by atoms with E-state index in [0.29, 0.717) is 5.02 Å². The minimum Gasteiger partial charge on any atom is -0.497 e. The van der Waals surface area contributed by atoms with Crippen molar-refractivity contribution in [2.45, 2.75) is 10.1 Å². The first kappa shape index (κ1) is 11.4. The molecular formula is C11H11ClN2OS. The lowest BCUT2D eigenvalue weighted by molar-refractivity contribution is 0.414. The molecule has 84 valence electrons. The number of imidazole rings is 1. The van der Waals surface area contributed by atoms with E-state index in [9.17, 15) is 0 Å². The van der Waals surface area contributed by atoms with Gasteiger partial charge >= 0.3 is 0 Å². The van der Waals surface area contributed by atoms with E-state index in [2.05, 4.69) is 4.98 Å². The number of nitrogens with zero attached hydrogens (tertiary/aromatic N) is 2. The minimum absolute atomic E-state index is 0.673. The Balaban J connectivity index is 2.25. The smallest absolute Gasteiger partial charge is 0.172 e. The van der Waals surface area contributed by atoms with Gasteiger partial charge in [0.15, 0.2) is 5.16 Å². The fraction of sp³-hybridized carbons (Fsp3) is 0.182. The molecule has 0 radical (unpaired) electrons. The Bertz CT molecular complexity index is 498. The highest BCUT2D eigenvalue weighted by molar-refractivity contribution is 7.99. The van der Waals surface area contributed by atoms with Crippen molar-refractivity contribution in [1.29, 1.82) is 0 Å². The normalized spacial score (nSPS) is 10.4. The molecule has 0 unspecified atom stereocenters. The van der Waals surface area contributed by atoms with Crippen LogP contribution in [0.1, 0.15) is 0 Å². The first-order valence-electron chi connectivity index (χ1n) is 4.69. The van der Waals surface area contributed by atoms with Gasteiger partial charge in [0.25, 0.3) is 0 Å². The highest BCUT2D eigenvalue weighted by Crippen LogP contribution is 2.34. The van der Waals surface area contributed by atoms with Gasteiger partial charge < -0.3 is 9.30 Å². The van der Waals surface area contributed by atoms with Gasteiger partial charge in [-0.2, -0.15) is 0 Å². The summed E-state index contributed by atoms with van der Waals surface area (Å²) in [6, 6.07) is 5.62. The van der Waals surface area contributed by atoms with E-state index in [-0.39, 0.29) is 0 Å². The lowest BCUT2D eigenvalue weighted by Gasteiger charge is -2.05. The van der Waals surface area contributed by atoms with E-state index in [1.54, 1.807) is 19.4 Å². The largest absolute Gasteiger partial charge is 0.497 e. The maximum atomic E-state index is 6.14. The standard InChI is InChI=1S/C11H11ClN2OS/c1-14-6-5-13-11(14)16-10-4-3-8(15-2)7-9(10)12/h3-7H,1-2H3. The number of ether oxygens (including phenoxy) is 1. The molecule has 1 aromatic heterocycles. The van der Waals surface area contributed by atoms with Gasteiger partial charge in [-0.1, -0.05) is 23.4 Å². The van der Waals surface area contributed by atoms with Crippen molar-refractivity contribution in [1.82, 2.24) is 9.55 Å². The van der Waals surface area contributed by atoms with E-state index in [0.717, 1.165) is 15.8 Å². The summed E-state index contributed by atoms with van der Waals surface area (Å²) < 4.78 is 7.04. The van der Waals surface area contributed by atoms with Gasteiger partial charge in [0.1, 0.15) is 5.75 Å². The SMILES string of the molecule is COc1ccc(Sc2nccn2C)c(Cl)c1. The number of aromatic nitrogens is 2. The third-order valence-electron chi connectivity index (χ3n) is 2.12. The Kier molecular flexibility index (Phi) is 3.41. The average Bonchev–Trinajstić information content (AvgIpc) is 2.67. The van der Waals surface area contributed by atoms with Crippen LogP contribution in [0.3, 0.4) is 0 Å². The lowest BCUT2D eigenvalue weighted by atomic mass is 10.3. The second-order valence-electron chi connectivity index (χ2n) is 3.22. The number of aryl methyl sites for hydroxylation is 1. The average molecular weight is 255 g/mol. The van der Waals surface area contributed by atoms with Gasteiger partial charge in [-0.15, -0.1) is 0 Å². The predicted octanol–water partition coefficient (Wildman–Crippen LogP) is 3.23. The lowest BCUT2D eigenvalue weighted by Crippen LogP contribution is -1.89. The molecule has 0 saturated carbocycles. The Labute approximate surface area is 103 Å². The number of rotatable bonds is 3. The van der Waals surface area contributed by atoms with Crippen LogP contribution in [0.4, 0.5) is 0 Å². The molecule has 0 bridgehead atoms. The van der Waals surface area contributed by atoms with Gasteiger partial charge in [0.2, 0.25) is 0 Å². The van der Waals surface area contributed by atoms with Crippen LogP contribution in [-0.4, -0.2) is 16.7 Å². The quantitative estimate of drug-likeness (QED) is 0.842. The predicted molar refractivity (Wildman–Crippen MR) is 65.3 cm³/mol. The molecule has 5 heteroatoms. The van der Waals surface area contributed by atoms with Gasteiger partial charge in [0.05, 0.1) is 12.1 Å². The van der Waals surface area contributed by atoms with Crippen LogP contribution < -0.4 is 4.74 Å². The van der Waals surface area contributed by atoms with Crippen LogP contribution in [0.25, 0.3) is 0 Å². The number of halogens is 1. The van der Waals surface area contributed by atoms with Crippen LogP contribution in [0.15, 0.2) is 40.6 Å². The van der Waals surface area contributed by atoms with Crippen molar-refractivity contribution in [2.24, 2.45) is 7.05 Å². The molecule has 0 atom stereocenters. The highest BCUT2D eigenvalue weighted by atomic mass is 35.5. The summed E-state index contributed by atoms with van der Waals surface area (Å²) in [7, 11) is 3.57. The van der Waals surface area contributed by atoms with E-state index in [1.165, 1.54) is 11.8 Å². The molecule has 0 aliphatic rings. The Hall–Kier alpha value is -1.13. The molecule has 0 spiro atoms. The number of hydrogen-bond donors (Lipinski definition) is 0. The second kappa shape index (κ2) is 4.80. The molecule has 3 nitrogen and oxygen atoms in total. The van der Waals surface area contributed by atoms with Crippen LogP contribution in [-0.2, 0) is 7.05 Å². The molecule has 0 aliphatic carbocycles.